The van der Waals surface area contributed by atoms with E-state index < -0.39 is 0 Å². The highest BCUT2D eigenvalue weighted by Gasteiger charge is 2.08. The van der Waals surface area contributed by atoms with E-state index in [2.05, 4.69) is 9.97 Å². The molecule has 0 amide bonds. The summed E-state index contributed by atoms with van der Waals surface area (Å²) in [5, 5.41) is 1.16. The molecule has 0 aliphatic heterocycles. The standard InChI is InChI=1S/C12H11Cl2N3/c1-7(15)12-16-5-4-11(17-12)9-3-2-8(13)6-10(9)14/h2-7H,15H2,1H3. The van der Waals surface area contributed by atoms with Gasteiger partial charge >= 0.3 is 0 Å². The van der Waals surface area contributed by atoms with E-state index >= 15 is 0 Å². The van der Waals surface area contributed by atoms with E-state index in [9.17, 15) is 0 Å². The van der Waals surface area contributed by atoms with Crippen molar-refractivity contribution in [2.24, 2.45) is 5.73 Å². The Balaban J connectivity index is 2.49. The minimum atomic E-state index is -0.207. The third-order valence-electron chi connectivity index (χ3n) is 2.29. The third kappa shape index (κ3) is 2.75. The molecule has 2 rings (SSSR count). The van der Waals surface area contributed by atoms with Gasteiger partial charge in [0.25, 0.3) is 0 Å². The largest absolute Gasteiger partial charge is 0.322 e. The van der Waals surface area contributed by atoms with Gasteiger partial charge in [-0.05, 0) is 31.2 Å². The SMILES string of the molecule is CC(N)c1nccc(-c2ccc(Cl)cc2Cl)n1. The number of hydrogen-bond acceptors (Lipinski definition) is 3. The van der Waals surface area contributed by atoms with Gasteiger partial charge < -0.3 is 5.73 Å². The van der Waals surface area contributed by atoms with Crippen LogP contribution < -0.4 is 5.73 Å². The molecule has 2 N–H and O–H groups in total. The van der Waals surface area contributed by atoms with Crippen molar-refractivity contribution in [1.29, 1.82) is 0 Å². The molecule has 0 fully saturated rings. The molecule has 88 valence electrons. The molecule has 0 bridgehead atoms. The Hall–Kier alpha value is -1.16. The summed E-state index contributed by atoms with van der Waals surface area (Å²) >= 11 is 12.0. The van der Waals surface area contributed by atoms with E-state index in [0.717, 1.165) is 11.3 Å². The summed E-state index contributed by atoms with van der Waals surface area (Å²) in [5.41, 5.74) is 7.31. The van der Waals surface area contributed by atoms with Gasteiger partial charge in [0.1, 0.15) is 5.82 Å². The minimum absolute atomic E-state index is 0.207. The number of nitrogens with zero attached hydrogens (tertiary/aromatic N) is 2. The Kier molecular flexibility index (Phi) is 3.62. The molecular formula is C12H11Cl2N3. The number of benzene rings is 1. The lowest BCUT2D eigenvalue weighted by Gasteiger charge is -2.07. The average molecular weight is 268 g/mol. The van der Waals surface area contributed by atoms with Crippen molar-refractivity contribution < 1.29 is 0 Å². The van der Waals surface area contributed by atoms with Crippen LogP contribution in [0.25, 0.3) is 11.3 Å². The second-order valence-corrected chi connectivity index (χ2v) is 4.56. The van der Waals surface area contributed by atoms with Crippen LogP contribution in [0.5, 0.6) is 0 Å². The first-order valence-electron chi connectivity index (χ1n) is 5.12. The van der Waals surface area contributed by atoms with E-state index in [1.54, 1.807) is 24.4 Å². The van der Waals surface area contributed by atoms with Gasteiger partial charge in [0, 0.05) is 16.8 Å². The molecule has 1 aromatic carbocycles. The molecule has 0 saturated carbocycles. The Morgan fingerprint density at radius 1 is 1.24 bits per heavy atom. The van der Waals surface area contributed by atoms with Crippen LogP contribution in [0.2, 0.25) is 10.0 Å². The fourth-order valence-electron chi connectivity index (χ4n) is 1.44. The summed E-state index contributed by atoms with van der Waals surface area (Å²) < 4.78 is 0. The van der Waals surface area contributed by atoms with Gasteiger partial charge in [-0.15, -0.1) is 0 Å². The number of hydrogen-bond donors (Lipinski definition) is 1. The zero-order chi connectivity index (χ0) is 12.4. The van der Waals surface area contributed by atoms with Gasteiger partial charge in [-0.2, -0.15) is 0 Å². The highest BCUT2D eigenvalue weighted by atomic mass is 35.5. The van der Waals surface area contributed by atoms with Crippen molar-refractivity contribution in [1.82, 2.24) is 9.97 Å². The van der Waals surface area contributed by atoms with Crippen molar-refractivity contribution in [3.63, 3.8) is 0 Å². The van der Waals surface area contributed by atoms with Crippen LogP contribution in [0.1, 0.15) is 18.8 Å². The van der Waals surface area contributed by atoms with Crippen molar-refractivity contribution in [3.05, 3.63) is 46.3 Å². The summed E-state index contributed by atoms with van der Waals surface area (Å²) in [6, 6.07) is 6.88. The second-order valence-electron chi connectivity index (χ2n) is 3.71. The number of nitrogens with two attached hydrogens (primary N) is 1. The first kappa shape index (κ1) is 12.3. The molecule has 0 spiro atoms. The average Bonchev–Trinajstić information content (AvgIpc) is 2.29. The van der Waals surface area contributed by atoms with Gasteiger partial charge in [-0.3, -0.25) is 0 Å². The number of rotatable bonds is 2. The summed E-state index contributed by atoms with van der Waals surface area (Å²) in [4.78, 5) is 8.48. The molecule has 3 nitrogen and oxygen atoms in total. The topological polar surface area (TPSA) is 51.8 Å². The Morgan fingerprint density at radius 2 is 2.00 bits per heavy atom. The number of halogens is 2. The molecule has 2 aromatic rings. The first-order chi connectivity index (χ1) is 8.08. The van der Waals surface area contributed by atoms with Crippen molar-refractivity contribution in [3.8, 4) is 11.3 Å². The van der Waals surface area contributed by atoms with Gasteiger partial charge in [0.2, 0.25) is 0 Å². The lowest BCUT2D eigenvalue weighted by atomic mass is 10.1. The van der Waals surface area contributed by atoms with Gasteiger partial charge in [0.15, 0.2) is 0 Å². The molecule has 1 atom stereocenters. The molecule has 0 aliphatic rings. The van der Waals surface area contributed by atoms with Gasteiger partial charge in [-0.25, -0.2) is 9.97 Å². The van der Waals surface area contributed by atoms with Crippen LogP contribution in [-0.4, -0.2) is 9.97 Å². The molecule has 5 heteroatoms. The lowest BCUT2D eigenvalue weighted by molar-refractivity contribution is 0.741. The van der Waals surface area contributed by atoms with Crippen LogP contribution in [0, 0.1) is 0 Å². The highest BCUT2D eigenvalue weighted by Crippen LogP contribution is 2.29. The molecule has 0 radical (unpaired) electrons. The lowest BCUT2D eigenvalue weighted by Crippen LogP contribution is -2.09. The molecule has 17 heavy (non-hydrogen) atoms. The maximum atomic E-state index is 6.12. The van der Waals surface area contributed by atoms with E-state index in [1.165, 1.54) is 0 Å². The van der Waals surface area contributed by atoms with Crippen molar-refractivity contribution in [2.45, 2.75) is 13.0 Å². The molecule has 0 aliphatic carbocycles. The quantitative estimate of drug-likeness (QED) is 0.907. The van der Waals surface area contributed by atoms with E-state index in [0.29, 0.717) is 15.9 Å². The van der Waals surface area contributed by atoms with Crippen molar-refractivity contribution in [2.75, 3.05) is 0 Å². The minimum Gasteiger partial charge on any atom is -0.322 e. The molecule has 1 heterocycles. The van der Waals surface area contributed by atoms with Crippen LogP contribution >= 0.6 is 23.2 Å². The summed E-state index contributed by atoms with van der Waals surface area (Å²) in [7, 11) is 0. The monoisotopic (exact) mass is 267 g/mol. The summed E-state index contributed by atoms with van der Waals surface area (Å²) in [6.45, 7) is 1.84. The second kappa shape index (κ2) is 5.00. The fraction of sp³-hybridized carbons (Fsp3) is 0.167. The van der Waals surface area contributed by atoms with E-state index in [1.807, 2.05) is 13.0 Å². The molecule has 1 aromatic heterocycles. The Labute approximate surface area is 110 Å². The summed E-state index contributed by atoms with van der Waals surface area (Å²) in [6.07, 6.45) is 1.67. The van der Waals surface area contributed by atoms with Crippen LogP contribution in [0.4, 0.5) is 0 Å². The fourth-order valence-corrected chi connectivity index (χ4v) is 1.95. The molecule has 0 saturated heterocycles. The van der Waals surface area contributed by atoms with Gasteiger partial charge in [-0.1, -0.05) is 23.2 Å². The maximum Gasteiger partial charge on any atom is 0.145 e. The highest BCUT2D eigenvalue weighted by molar-refractivity contribution is 6.36. The molecule has 1 unspecified atom stereocenters. The normalized spacial score (nSPS) is 12.5. The van der Waals surface area contributed by atoms with E-state index in [4.69, 9.17) is 28.9 Å². The van der Waals surface area contributed by atoms with Crippen molar-refractivity contribution >= 4 is 23.2 Å². The molecular weight excluding hydrogens is 257 g/mol. The number of aromatic nitrogens is 2. The predicted octanol–water partition coefficient (Wildman–Crippen LogP) is 3.47. The predicted molar refractivity (Wildman–Crippen MR) is 70.1 cm³/mol. The zero-order valence-electron chi connectivity index (χ0n) is 9.19. The van der Waals surface area contributed by atoms with Gasteiger partial charge in [0.05, 0.1) is 16.8 Å². The van der Waals surface area contributed by atoms with Crippen LogP contribution in [0.15, 0.2) is 30.5 Å². The first-order valence-corrected chi connectivity index (χ1v) is 5.87. The zero-order valence-corrected chi connectivity index (χ0v) is 10.7. The van der Waals surface area contributed by atoms with E-state index in [-0.39, 0.29) is 6.04 Å². The van der Waals surface area contributed by atoms with Crippen LogP contribution in [-0.2, 0) is 0 Å². The van der Waals surface area contributed by atoms with Crippen LogP contribution in [0.3, 0.4) is 0 Å². The summed E-state index contributed by atoms with van der Waals surface area (Å²) in [5.74, 6) is 0.591. The Bertz CT molecular complexity index is 541. The Morgan fingerprint density at radius 3 is 2.65 bits per heavy atom. The smallest absolute Gasteiger partial charge is 0.145 e. The maximum absolute atomic E-state index is 6.12. The third-order valence-corrected chi connectivity index (χ3v) is 2.84.